The molecule has 3 rings (SSSR count). The molecule has 33 heavy (non-hydrogen) atoms. The Morgan fingerprint density at radius 3 is 2.55 bits per heavy atom. The Kier molecular flexibility index (Phi) is 8.83. The maximum atomic E-state index is 13.0. The van der Waals surface area contributed by atoms with Crippen LogP contribution < -0.4 is 16.0 Å². The van der Waals surface area contributed by atoms with Crippen LogP contribution in [-0.2, 0) is 32.1 Å². The van der Waals surface area contributed by atoms with E-state index in [4.69, 9.17) is 16.3 Å². The number of rotatable bonds is 10. The zero-order valence-electron chi connectivity index (χ0n) is 18.0. The molecule has 9 heteroatoms. The largest absolute Gasteiger partial charge is 0.445 e. The standard InChI is InChI=1S/C24H26ClN3O5/c25-19-8-4-7-17(11-19)15-33-24(32)28-21(12-16-5-2-1-3-6-16)23(31)27-20(14-29)13-18-9-10-26-22(18)30/h1-8,11,14,18,20-21H,9-10,12-13,15H2,(H,26,30)(H,27,31)(H,28,32). The van der Waals surface area contributed by atoms with Gasteiger partial charge in [0.1, 0.15) is 18.9 Å². The smallest absolute Gasteiger partial charge is 0.408 e. The minimum Gasteiger partial charge on any atom is -0.445 e. The van der Waals surface area contributed by atoms with Crippen molar-refractivity contribution in [2.45, 2.75) is 38.0 Å². The second-order valence-electron chi connectivity index (χ2n) is 7.86. The maximum absolute atomic E-state index is 13.0. The van der Waals surface area contributed by atoms with Crippen LogP contribution in [-0.4, -0.2) is 42.8 Å². The number of aldehydes is 1. The first-order valence-corrected chi connectivity index (χ1v) is 11.1. The number of hydrogen-bond donors (Lipinski definition) is 3. The van der Waals surface area contributed by atoms with Gasteiger partial charge in [0.15, 0.2) is 0 Å². The Balaban J connectivity index is 1.63. The molecule has 2 aromatic rings. The summed E-state index contributed by atoms with van der Waals surface area (Å²) in [5, 5.41) is 8.46. The van der Waals surface area contributed by atoms with E-state index in [0.29, 0.717) is 29.8 Å². The normalized spacial score (nSPS) is 16.9. The number of carbonyl (C=O) groups excluding carboxylic acids is 4. The van der Waals surface area contributed by atoms with Gasteiger partial charge in [-0.05, 0) is 36.1 Å². The van der Waals surface area contributed by atoms with Gasteiger partial charge in [0.25, 0.3) is 0 Å². The van der Waals surface area contributed by atoms with Gasteiger partial charge in [0, 0.05) is 23.9 Å². The number of amides is 3. The van der Waals surface area contributed by atoms with E-state index in [1.54, 1.807) is 24.3 Å². The summed E-state index contributed by atoms with van der Waals surface area (Å²) in [6.45, 7) is 0.541. The molecule has 174 valence electrons. The molecule has 3 N–H and O–H groups in total. The number of nitrogens with one attached hydrogen (secondary N) is 3. The van der Waals surface area contributed by atoms with Gasteiger partial charge in [0.05, 0.1) is 6.04 Å². The number of ether oxygens (including phenoxy) is 1. The van der Waals surface area contributed by atoms with Crippen LogP contribution >= 0.6 is 11.6 Å². The summed E-state index contributed by atoms with van der Waals surface area (Å²) in [5.74, 6) is -0.989. The van der Waals surface area contributed by atoms with Crippen LogP contribution in [0.15, 0.2) is 54.6 Å². The highest BCUT2D eigenvalue weighted by Crippen LogP contribution is 2.16. The Morgan fingerprint density at radius 1 is 1.12 bits per heavy atom. The number of halogens is 1. The molecule has 0 spiro atoms. The summed E-state index contributed by atoms with van der Waals surface area (Å²) in [7, 11) is 0. The van der Waals surface area contributed by atoms with Gasteiger partial charge in [-0.1, -0.05) is 54.1 Å². The van der Waals surface area contributed by atoms with Crippen molar-refractivity contribution in [2.24, 2.45) is 5.92 Å². The highest BCUT2D eigenvalue weighted by Gasteiger charge is 2.30. The van der Waals surface area contributed by atoms with Crippen molar-refractivity contribution in [2.75, 3.05) is 6.54 Å². The van der Waals surface area contributed by atoms with Crippen molar-refractivity contribution in [3.63, 3.8) is 0 Å². The van der Waals surface area contributed by atoms with E-state index in [-0.39, 0.29) is 31.3 Å². The lowest BCUT2D eigenvalue weighted by atomic mass is 9.98. The highest BCUT2D eigenvalue weighted by atomic mass is 35.5. The summed E-state index contributed by atoms with van der Waals surface area (Å²) in [6.07, 6.45) is 0.859. The fourth-order valence-electron chi connectivity index (χ4n) is 3.63. The zero-order chi connectivity index (χ0) is 23.6. The minimum absolute atomic E-state index is 0.0141. The molecule has 0 aliphatic carbocycles. The molecule has 1 aliphatic heterocycles. The van der Waals surface area contributed by atoms with Crippen molar-refractivity contribution in [3.05, 3.63) is 70.7 Å². The Morgan fingerprint density at radius 2 is 1.88 bits per heavy atom. The van der Waals surface area contributed by atoms with E-state index in [1.165, 1.54) is 0 Å². The molecule has 3 unspecified atom stereocenters. The van der Waals surface area contributed by atoms with Gasteiger partial charge in [-0.2, -0.15) is 0 Å². The summed E-state index contributed by atoms with van der Waals surface area (Å²) in [5.41, 5.74) is 1.53. The molecule has 0 aromatic heterocycles. The first-order chi connectivity index (χ1) is 15.9. The van der Waals surface area contributed by atoms with E-state index in [1.807, 2.05) is 30.3 Å². The molecule has 8 nitrogen and oxygen atoms in total. The van der Waals surface area contributed by atoms with Crippen molar-refractivity contribution in [1.29, 1.82) is 0 Å². The van der Waals surface area contributed by atoms with Gasteiger partial charge in [-0.25, -0.2) is 4.79 Å². The number of carbonyl (C=O) groups is 4. The van der Waals surface area contributed by atoms with E-state index < -0.39 is 24.1 Å². The average Bonchev–Trinajstić information content (AvgIpc) is 3.21. The molecule has 1 fully saturated rings. The van der Waals surface area contributed by atoms with Crippen LogP contribution in [0.5, 0.6) is 0 Å². The van der Waals surface area contributed by atoms with Gasteiger partial charge in [0.2, 0.25) is 11.8 Å². The third-order valence-corrected chi connectivity index (χ3v) is 5.58. The van der Waals surface area contributed by atoms with Crippen molar-refractivity contribution < 1.29 is 23.9 Å². The van der Waals surface area contributed by atoms with E-state index in [0.717, 1.165) is 5.56 Å². The van der Waals surface area contributed by atoms with Gasteiger partial charge in [-0.15, -0.1) is 0 Å². The molecular formula is C24H26ClN3O5. The molecule has 1 aliphatic rings. The van der Waals surface area contributed by atoms with Gasteiger partial charge >= 0.3 is 6.09 Å². The van der Waals surface area contributed by atoms with Gasteiger partial charge < -0.3 is 25.5 Å². The maximum Gasteiger partial charge on any atom is 0.408 e. The molecule has 3 amide bonds. The first-order valence-electron chi connectivity index (χ1n) is 10.7. The molecule has 0 saturated carbocycles. The van der Waals surface area contributed by atoms with Crippen LogP contribution in [0.4, 0.5) is 4.79 Å². The monoisotopic (exact) mass is 471 g/mol. The third kappa shape index (κ3) is 7.61. The summed E-state index contributed by atoms with van der Waals surface area (Å²) >= 11 is 5.95. The Labute approximate surface area is 197 Å². The van der Waals surface area contributed by atoms with Crippen molar-refractivity contribution in [3.8, 4) is 0 Å². The average molecular weight is 472 g/mol. The predicted octanol–water partition coefficient (Wildman–Crippen LogP) is 2.39. The second kappa shape index (κ2) is 12.0. The summed E-state index contributed by atoms with van der Waals surface area (Å²) in [4.78, 5) is 48.8. The number of hydrogen-bond acceptors (Lipinski definition) is 5. The van der Waals surface area contributed by atoms with Gasteiger partial charge in [-0.3, -0.25) is 9.59 Å². The van der Waals surface area contributed by atoms with Crippen LogP contribution in [0.2, 0.25) is 5.02 Å². The highest BCUT2D eigenvalue weighted by molar-refractivity contribution is 6.30. The lowest BCUT2D eigenvalue weighted by Crippen LogP contribution is -2.51. The van der Waals surface area contributed by atoms with Crippen LogP contribution in [0.3, 0.4) is 0 Å². The summed E-state index contributed by atoms with van der Waals surface area (Å²) < 4.78 is 5.24. The van der Waals surface area contributed by atoms with E-state index in [2.05, 4.69) is 16.0 Å². The molecule has 0 radical (unpaired) electrons. The van der Waals surface area contributed by atoms with Crippen LogP contribution in [0.25, 0.3) is 0 Å². The minimum atomic E-state index is -0.973. The second-order valence-corrected chi connectivity index (χ2v) is 8.29. The van der Waals surface area contributed by atoms with Crippen molar-refractivity contribution in [1.82, 2.24) is 16.0 Å². The summed E-state index contributed by atoms with van der Waals surface area (Å²) in [6, 6.07) is 14.3. The lowest BCUT2D eigenvalue weighted by Gasteiger charge is -2.22. The quantitative estimate of drug-likeness (QED) is 0.460. The Hall–Kier alpha value is -3.39. The molecule has 0 bridgehead atoms. The molecular weight excluding hydrogens is 446 g/mol. The lowest BCUT2D eigenvalue weighted by molar-refractivity contribution is -0.127. The molecule has 1 saturated heterocycles. The predicted molar refractivity (Wildman–Crippen MR) is 122 cm³/mol. The third-order valence-electron chi connectivity index (χ3n) is 5.34. The fourth-order valence-corrected chi connectivity index (χ4v) is 3.84. The topological polar surface area (TPSA) is 114 Å². The molecule has 2 aromatic carbocycles. The fraction of sp³-hybridized carbons (Fsp3) is 0.333. The van der Waals surface area contributed by atoms with E-state index >= 15 is 0 Å². The van der Waals surface area contributed by atoms with Crippen LogP contribution in [0.1, 0.15) is 24.0 Å². The molecule has 1 heterocycles. The van der Waals surface area contributed by atoms with E-state index in [9.17, 15) is 19.2 Å². The Bertz CT molecular complexity index is 985. The number of benzene rings is 2. The van der Waals surface area contributed by atoms with Crippen molar-refractivity contribution >= 4 is 35.8 Å². The first kappa shape index (κ1) is 24.3. The van der Waals surface area contributed by atoms with Crippen LogP contribution in [0, 0.1) is 5.92 Å². The number of alkyl carbamates (subject to hydrolysis) is 1. The SMILES string of the molecule is O=CC(CC1CCNC1=O)NC(=O)C(Cc1ccccc1)NC(=O)OCc1cccc(Cl)c1. The molecule has 3 atom stereocenters. The zero-order valence-corrected chi connectivity index (χ0v) is 18.7.